The third-order valence-electron chi connectivity index (χ3n) is 14.5. The minimum Gasteiger partial charge on any atom is -0.496 e. The summed E-state index contributed by atoms with van der Waals surface area (Å²) in [6.07, 6.45) is 13.2. The highest BCUT2D eigenvalue weighted by Gasteiger charge is 2.28. The zero-order valence-corrected chi connectivity index (χ0v) is 37.1. The topological polar surface area (TPSA) is 158 Å². The molecule has 0 bridgehead atoms. The molecule has 2 saturated heterocycles. The number of piperidine rings is 2. The van der Waals surface area contributed by atoms with Gasteiger partial charge in [0, 0.05) is 97.9 Å². The van der Waals surface area contributed by atoms with Gasteiger partial charge in [-0.3, -0.25) is 14.4 Å². The van der Waals surface area contributed by atoms with Gasteiger partial charge in [-0.15, -0.1) is 0 Å². The Labute approximate surface area is 374 Å². The number of ether oxygens (including phenoxy) is 2. The highest BCUT2D eigenvalue weighted by Crippen LogP contribution is 2.39. The summed E-state index contributed by atoms with van der Waals surface area (Å²) in [5.41, 5.74) is 21.1. The summed E-state index contributed by atoms with van der Waals surface area (Å²) in [6, 6.07) is 24.3. The number of primary amides is 2. The summed E-state index contributed by atoms with van der Waals surface area (Å²) in [5, 5.41) is 12.5. The third kappa shape index (κ3) is 8.66. The Morgan fingerprint density at radius 2 is 1.12 bits per heavy atom. The van der Waals surface area contributed by atoms with Crippen molar-refractivity contribution in [3.63, 3.8) is 0 Å². The van der Waals surface area contributed by atoms with Crippen molar-refractivity contribution in [2.24, 2.45) is 11.5 Å². The molecule has 0 saturated carbocycles. The number of fused-ring (bicyclic) bond motifs is 4. The van der Waals surface area contributed by atoms with E-state index in [1.807, 2.05) is 48.5 Å². The van der Waals surface area contributed by atoms with E-state index in [2.05, 4.69) is 43.5 Å². The lowest BCUT2D eigenvalue weighted by Gasteiger charge is -2.33. The maximum Gasteiger partial charge on any atom is 0.248 e. The normalized spacial score (nSPS) is 18.2. The van der Waals surface area contributed by atoms with Gasteiger partial charge in [0.05, 0.1) is 20.3 Å². The number of nitrogens with two attached hydrogens (primary N) is 2. The summed E-state index contributed by atoms with van der Waals surface area (Å²) < 4.78 is 15.9. The summed E-state index contributed by atoms with van der Waals surface area (Å²) in [5.74, 6) is 1.32. The molecule has 4 aromatic carbocycles. The first-order valence-electron chi connectivity index (χ1n) is 22.9. The van der Waals surface area contributed by atoms with Crippen molar-refractivity contribution in [1.29, 1.82) is 0 Å². The average Bonchev–Trinajstić information content (AvgIpc) is 4.13. The van der Waals surface area contributed by atoms with Crippen molar-refractivity contribution in [3.8, 4) is 11.5 Å². The number of carbonyl (C=O) groups is 3. The Morgan fingerprint density at radius 1 is 0.625 bits per heavy atom. The van der Waals surface area contributed by atoms with E-state index in [1.165, 1.54) is 22.3 Å². The summed E-state index contributed by atoms with van der Waals surface area (Å²) in [6.45, 7) is 6.09. The lowest BCUT2D eigenvalue weighted by atomic mass is 9.98. The fourth-order valence-electron chi connectivity index (χ4n) is 10.9. The third-order valence-corrected chi connectivity index (χ3v) is 14.5. The van der Waals surface area contributed by atoms with E-state index in [4.69, 9.17) is 20.9 Å². The highest BCUT2D eigenvalue weighted by atomic mass is 16.5. The van der Waals surface area contributed by atoms with Gasteiger partial charge < -0.3 is 45.0 Å². The Bertz CT molecular complexity index is 2700. The van der Waals surface area contributed by atoms with E-state index in [1.54, 1.807) is 26.4 Å². The van der Waals surface area contributed by atoms with E-state index in [9.17, 15) is 19.5 Å². The van der Waals surface area contributed by atoms with Gasteiger partial charge >= 0.3 is 0 Å². The number of aliphatic hydroxyl groups is 1. The van der Waals surface area contributed by atoms with E-state index in [0.29, 0.717) is 29.6 Å². The molecular weight excluding hydrogens is 805 g/mol. The zero-order valence-electron chi connectivity index (χ0n) is 37.1. The molecular formula is C52H60N6O6. The molecule has 334 valence electrons. The number of likely N-dealkylation sites (tertiary alicyclic amines) is 2. The van der Waals surface area contributed by atoms with Crippen LogP contribution in [-0.2, 0) is 25.7 Å². The molecule has 2 aliphatic heterocycles. The van der Waals surface area contributed by atoms with Gasteiger partial charge in [-0.25, -0.2) is 0 Å². The fourth-order valence-corrected chi connectivity index (χ4v) is 10.9. The second-order valence-corrected chi connectivity index (χ2v) is 17.9. The number of aromatic nitrogens is 2. The summed E-state index contributed by atoms with van der Waals surface area (Å²) in [7, 11) is 3.44. The SMILES string of the molecule is COc1ccc2c(c1CCN1CCC(n3ccc4ccc(C(N)=O)cc43)CC1)CCC2=O.COc1ccc2c(c1CCN1CCC(n3ccc4ccc(C(N)=O)cc43)CC1)CCC2O. The lowest BCUT2D eigenvalue weighted by Crippen LogP contribution is -2.36. The second kappa shape index (κ2) is 18.6. The summed E-state index contributed by atoms with van der Waals surface area (Å²) >= 11 is 0. The molecule has 4 aliphatic rings. The van der Waals surface area contributed by atoms with Gasteiger partial charge in [-0.1, -0.05) is 18.2 Å². The molecule has 12 heteroatoms. The molecule has 1 unspecified atom stereocenters. The number of hydrogen-bond acceptors (Lipinski definition) is 8. The fraction of sp³-hybridized carbons (Fsp3) is 0.404. The monoisotopic (exact) mass is 864 g/mol. The van der Waals surface area contributed by atoms with Crippen LogP contribution in [0, 0.1) is 0 Å². The van der Waals surface area contributed by atoms with Crippen LogP contribution >= 0.6 is 0 Å². The second-order valence-electron chi connectivity index (χ2n) is 17.9. The quantitative estimate of drug-likeness (QED) is 0.115. The molecule has 64 heavy (non-hydrogen) atoms. The lowest BCUT2D eigenvalue weighted by molar-refractivity contribution is 0.0988. The van der Waals surface area contributed by atoms with Crippen molar-refractivity contribution in [3.05, 3.63) is 130 Å². The predicted octanol–water partition coefficient (Wildman–Crippen LogP) is 7.37. The van der Waals surface area contributed by atoms with Crippen LogP contribution in [-0.4, -0.2) is 95.1 Å². The van der Waals surface area contributed by atoms with E-state index in [0.717, 1.165) is 141 Å². The highest BCUT2D eigenvalue weighted by molar-refractivity contribution is 6.01. The number of hydrogen-bond donors (Lipinski definition) is 3. The number of Topliss-reactive ketones (excluding diaryl/α,β-unsaturated/α-hetero) is 1. The number of aliphatic hydroxyl groups excluding tert-OH is 1. The number of benzene rings is 4. The first kappa shape index (κ1) is 43.3. The Balaban J connectivity index is 0.000000162. The number of ketones is 1. The molecule has 0 radical (unpaired) electrons. The van der Waals surface area contributed by atoms with Crippen LogP contribution in [0.25, 0.3) is 21.8 Å². The first-order valence-corrected chi connectivity index (χ1v) is 22.9. The minimum absolute atomic E-state index is 0.253. The van der Waals surface area contributed by atoms with Crippen LogP contribution in [0.4, 0.5) is 0 Å². The van der Waals surface area contributed by atoms with Gasteiger partial charge in [0.15, 0.2) is 5.78 Å². The predicted molar refractivity (Wildman–Crippen MR) is 250 cm³/mol. The van der Waals surface area contributed by atoms with Gasteiger partial charge in [0.1, 0.15) is 11.5 Å². The number of rotatable bonds is 12. The number of methoxy groups -OCH3 is 2. The number of carbonyl (C=O) groups excluding carboxylic acids is 3. The van der Waals surface area contributed by atoms with Crippen LogP contribution in [0.2, 0.25) is 0 Å². The summed E-state index contributed by atoms with van der Waals surface area (Å²) in [4.78, 5) is 40.4. The van der Waals surface area contributed by atoms with Crippen LogP contribution in [0.5, 0.6) is 11.5 Å². The largest absolute Gasteiger partial charge is 0.496 e. The Morgan fingerprint density at radius 3 is 1.62 bits per heavy atom. The molecule has 0 spiro atoms. The molecule has 2 amide bonds. The molecule has 1 atom stereocenters. The van der Waals surface area contributed by atoms with Gasteiger partial charge in [-0.05, 0) is 151 Å². The van der Waals surface area contributed by atoms with E-state index < -0.39 is 0 Å². The first-order chi connectivity index (χ1) is 31.1. The standard InChI is InChI=1S/C26H31N3O3.C26H29N3O3/c2*1-32-25-7-5-21-20(4-6-24(21)30)22(25)11-14-28-12-9-19(10-13-28)29-15-8-17-2-3-18(26(27)31)16-23(17)29/h2-3,5,7-8,15-16,19,24,30H,4,6,9-14H2,1H3,(H2,27,31);2-3,5,7-8,15-16,19H,4,6,9-14H2,1H3,(H2,27,31). The maximum atomic E-state index is 12.1. The number of amides is 2. The van der Waals surface area contributed by atoms with E-state index >= 15 is 0 Å². The van der Waals surface area contributed by atoms with Gasteiger partial charge in [0.2, 0.25) is 11.8 Å². The van der Waals surface area contributed by atoms with Crippen LogP contribution in [0.15, 0.2) is 85.2 Å². The Kier molecular flexibility index (Phi) is 12.6. The molecule has 4 heterocycles. The zero-order chi connectivity index (χ0) is 44.5. The molecule has 12 nitrogen and oxygen atoms in total. The Hall–Kier alpha value is -5.95. The van der Waals surface area contributed by atoms with Crippen molar-refractivity contribution in [2.45, 2.75) is 82.4 Å². The minimum atomic E-state index is -0.390. The van der Waals surface area contributed by atoms with Crippen molar-refractivity contribution in [2.75, 3.05) is 53.5 Å². The molecule has 2 fully saturated rings. The molecule has 2 aliphatic carbocycles. The van der Waals surface area contributed by atoms with Crippen LogP contribution in [0.3, 0.4) is 0 Å². The molecule has 5 N–H and O–H groups in total. The van der Waals surface area contributed by atoms with Gasteiger partial charge in [-0.2, -0.15) is 0 Å². The molecule has 6 aromatic rings. The molecule has 2 aromatic heterocycles. The van der Waals surface area contributed by atoms with Crippen LogP contribution < -0.4 is 20.9 Å². The maximum absolute atomic E-state index is 12.1. The van der Waals surface area contributed by atoms with Crippen molar-refractivity contribution in [1.82, 2.24) is 18.9 Å². The van der Waals surface area contributed by atoms with E-state index in [-0.39, 0.29) is 23.7 Å². The molecule has 10 rings (SSSR count). The van der Waals surface area contributed by atoms with Crippen molar-refractivity contribution < 1.29 is 29.0 Å². The average molecular weight is 865 g/mol. The van der Waals surface area contributed by atoms with Crippen molar-refractivity contribution >= 4 is 39.4 Å². The van der Waals surface area contributed by atoms with Crippen LogP contribution in [0.1, 0.15) is 116 Å². The smallest absolute Gasteiger partial charge is 0.248 e. The number of nitrogens with zero attached hydrogens (tertiary/aromatic N) is 4. The van der Waals surface area contributed by atoms with Gasteiger partial charge in [0.25, 0.3) is 0 Å².